The Hall–Kier alpha value is -3.46. The highest BCUT2D eigenvalue weighted by molar-refractivity contribution is 5.89. The summed E-state index contributed by atoms with van der Waals surface area (Å²) in [5.74, 6) is -0.663. The summed E-state index contributed by atoms with van der Waals surface area (Å²) in [6.45, 7) is 2.12. The first-order valence-corrected chi connectivity index (χ1v) is 10.5. The predicted molar refractivity (Wildman–Crippen MR) is 120 cm³/mol. The molecule has 0 spiro atoms. The number of methoxy groups -OCH3 is 1. The maximum absolute atomic E-state index is 9.55. The van der Waals surface area contributed by atoms with E-state index in [-0.39, 0.29) is 0 Å². The van der Waals surface area contributed by atoms with Crippen molar-refractivity contribution in [3.63, 3.8) is 0 Å². The zero-order valence-electron chi connectivity index (χ0n) is 18.2. The number of carboxylic acid groups (broad SMARTS) is 2. The Morgan fingerprint density at radius 3 is 2.03 bits per heavy atom. The molecule has 1 aromatic carbocycles. The first kappa shape index (κ1) is 23.2. The summed E-state index contributed by atoms with van der Waals surface area (Å²) < 4.78 is 5.20. The molecule has 3 heterocycles. The third-order valence-electron chi connectivity index (χ3n) is 5.82. The second kappa shape index (κ2) is 10.7. The number of anilines is 1. The van der Waals surface area contributed by atoms with Crippen molar-refractivity contribution < 1.29 is 24.5 Å². The molecule has 170 valence electrons. The van der Waals surface area contributed by atoms with Crippen LogP contribution in [0, 0.1) is 0 Å². The number of aromatic nitrogens is 2. The van der Waals surface area contributed by atoms with Gasteiger partial charge in [0.25, 0.3) is 0 Å². The number of aliphatic carboxylic acids is 2. The van der Waals surface area contributed by atoms with E-state index in [1.165, 1.54) is 19.3 Å². The van der Waals surface area contributed by atoms with Crippen LogP contribution in [0.5, 0.6) is 5.75 Å². The van der Waals surface area contributed by atoms with E-state index >= 15 is 0 Å². The van der Waals surface area contributed by atoms with E-state index in [1.807, 2.05) is 24.3 Å². The Kier molecular flexibility index (Phi) is 7.77. The van der Waals surface area contributed by atoms with Crippen molar-refractivity contribution in [2.75, 3.05) is 32.1 Å². The van der Waals surface area contributed by atoms with Crippen LogP contribution in [0.25, 0.3) is 11.3 Å². The number of ether oxygens (including phenoxy) is 1. The Morgan fingerprint density at radius 1 is 0.969 bits per heavy atom. The molecule has 2 aromatic rings. The lowest BCUT2D eigenvalue weighted by molar-refractivity contribution is -0.134. The lowest BCUT2D eigenvalue weighted by Crippen LogP contribution is -2.59. The van der Waals surface area contributed by atoms with Crippen molar-refractivity contribution in [1.29, 1.82) is 0 Å². The number of hydrogen-bond donors (Lipinski definition) is 2. The fourth-order valence-electron chi connectivity index (χ4n) is 4.06. The lowest BCUT2D eigenvalue weighted by atomic mass is 9.92. The van der Waals surface area contributed by atoms with E-state index in [9.17, 15) is 9.59 Å². The van der Waals surface area contributed by atoms with Gasteiger partial charge in [-0.2, -0.15) is 0 Å². The summed E-state index contributed by atoms with van der Waals surface area (Å²) in [5.41, 5.74) is 1.96. The number of fused-ring (bicyclic) bond motifs is 2. The average molecular weight is 441 g/mol. The fourth-order valence-corrected chi connectivity index (χ4v) is 4.06. The molecule has 2 aliphatic rings. The number of likely N-dealkylation sites (N-methyl/N-ethyl adjacent to an activating group) is 1. The summed E-state index contributed by atoms with van der Waals surface area (Å²) in [5, 5.41) is 24.6. The molecule has 0 saturated carbocycles. The normalized spacial score (nSPS) is 20.4. The minimum atomic E-state index is -1.26. The van der Waals surface area contributed by atoms with Gasteiger partial charge in [0.15, 0.2) is 5.82 Å². The van der Waals surface area contributed by atoms with Crippen LogP contribution in [0.2, 0.25) is 0 Å². The van der Waals surface area contributed by atoms with E-state index in [0.717, 1.165) is 35.9 Å². The predicted octanol–water partition coefficient (Wildman–Crippen LogP) is 2.54. The molecule has 4 rings (SSSR count). The molecule has 9 heteroatoms. The maximum Gasteiger partial charge on any atom is 0.328 e. The maximum atomic E-state index is 9.55. The van der Waals surface area contributed by atoms with Crippen LogP contribution in [-0.2, 0) is 9.59 Å². The summed E-state index contributed by atoms with van der Waals surface area (Å²) >= 11 is 0. The van der Waals surface area contributed by atoms with Crippen molar-refractivity contribution >= 4 is 17.8 Å². The molecule has 32 heavy (non-hydrogen) atoms. The topological polar surface area (TPSA) is 116 Å². The molecular formula is C23H28N4O5. The van der Waals surface area contributed by atoms with Gasteiger partial charge in [0.1, 0.15) is 5.75 Å². The molecule has 2 fully saturated rings. The number of rotatable bonds is 5. The van der Waals surface area contributed by atoms with Crippen molar-refractivity contribution in [3.8, 4) is 17.0 Å². The van der Waals surface area contributed by atoms with E-state index in [0.29, 0.717) is 24.2 Å². The number of carboxylic acids is 2. The Labute approximate surface area is 186 Å². The van der Waals surface area contributed by atoms with Gasteiger partial charge < -0.3 is 19.8 Å². The zero-order chi connectivity index (χ0) is 23.1. The summed E-state index contributed by atoms with van der Waals surface area (Å²) in [4.78, 5) is 24.1. The second-order valence-corrected chi connectivity index (χ2v) is 7.82. The standard InChI is InChI=1S/C19H24N4O.C4H4O4/c1-22-15-4-3-5-16(22)13-23(12-15)19-11-10-18(20-21-19)14-6-8-17(24-2)9-7-14;5-3(6)1-2-4(7)8/h6-11,15-16H,3-5,12-13H2,1-2H3;1-2H,(H,5,6)(H,7,8)/b;2-1+. The molecule has 2 atom stereocenters. The van der Waals surface area contributed by atoms with Crippen LogP contribution in [0.1, 0.15) is 19.3 Å². The molecule has 0 radical (unpaired) electrons. The third kappa shape index (κ3) is 6.04. The molecular weight excluding hydrogens is 412 g/mol. The summed E-state index contributed by atoms with van der Waals surface area (Å²) in [6, 6.07) is 13.4. The largest absolute Gasteiger partial charge is 0.497 e. The highest BCUT2D eigenvalue weighted by atomic mass is 16.5. The average Bonchev–Trinajstić information content (AvgIpc) is 2.78. The Balaban J connectivity index is 0.000000312. The van der Waals surface area contributed by atoms with Gasteiger partial charge in [0.2, 0.25) is 0 Å². The quantitative estimate of drug-likeness (QED) is 0.677. The Bertz CT molecular complexity index is 916. The van der Waals surface area contributed by atoms with E-state index < -0.39 is 11.9 Å². The highest BCUT2D eigenvalue weighted by Gasteiger charge is 2.35. The van der Waals surface area contributed by atoms with Crippen LogP contribution in [0.3, 0.4) is 0 Å². The molecule has 9 nitrogen and oxygen atoms in total. The van der Waals surface area contributed by atoms with Crippen molar-refractivity contribution in [2.45, 2.75) is 31.3 Å². The minimum absolute atomic E-state index is 0.558. The van der Waals surface area contributed by atoms with Gasteiger partial charge in [-0.1, -0.05) is 6.42 Å². The van der Waals surface area contributed by atoms with Crippen molar-refractivity contribution in [2.24, 2.45) is 0 Å². The van der Waals surface area contributed by atoms with Crippen LogP contribution in [-0.4, -0.2) is 76.6 Å². The fraction of sp³-hybridized carbons (Fsp3) is 0.391. The summed E-state index contributed by atoms with van der Waals surface area (Å²) in [7, 11) is 3.94. The molecule has 2 N–H and O–H groups in total. The number of hydrogen-bond acceptors (Lipinski definition) is 7. The second-order valence-electron chi connectivity index (χ2n) is 7.82. The minimum Gasteiger partial charge on any atom is -0.497 e. The van der Waals surface area contributed by atoms with Gasteiger partial charge in [-0.05, 0) is 56.3 Å². The van der Waals surface area contributed by atoms with Gasteiger partial charge in [0, 0.05) is 42.9 Å². The van der Waals surface area contributed by atoms with E-state index in [2.05, 4.69) is 39.2 Å². The first-order chi connectivity index (χ1) is 15.4. The number of carbonyl (C=O) groups is 2. The monoisotopic (exact) mass is 440 g/mol. The van der Waals surface area contributed by atoms with Crippen molar-refractivity contribution in [1.82, 2.24) is 15.1 Å². The third-order valence-corrected chi connectivity index (χ3v) is 5.82. The van der Waals surface area contributed by atoms with Crippen LogP contribution < -0.4 is 9.64 Å². The molecule has 0 amide bonds. The zero-order valence-corrected chi connectivity index (χ0v) is 18.2. The number of benzene rings is 1. The lowest BCUT2D eigenvalue weighted by Gasteiger charge is -2.48. The molecule has 2 saturated heterocycles. The highest BCUT2D eigenvalue weighted by Crippen LogP contribution is 2.29. The summed E-state index contributed by atoms with van der Waals surface area (Å²) in [6.07, 6.45) is 5.06. The smallest absolute Gasteiger partial charge is 0.328 e. The molecule has 2 bridgehead atoms. The SMILES string of the molecule is COc1ccc(-c2ccc(N3CC4CCCC(C3)N4C)nn2)cc1.O=C(O)/C=C/C(=O)O. The molecule has 1 aromatic heterocycles. The van der Waals surface area contributed by atoms with Gasteiger partial charge in [-0.25, -0.2) is 9.59 Å². The van der Waals surface area contributed by atoms with Crippen molar-refractivity contribution in [3.05, 3.63) is 48.6 Å². The number of piperidine rings is 1. The van der Waals surface area contributed by atoms with E-state index in [4.69, 9.17) is 14.9 Å². The van der Waals surface area contributed by atoms with Gasteiger partial charge in [-0.3, -0.25) is 4.90 Å². The number of nitrogens with zero attached hydrogens (tertiary/aromatic N) is 4. The molecule has 2 unspecified atom stereocenters. The molecule has 2 aliphatic heterocycles. The van der Waals surface area contributed by atoms with Gasteiger partial charge >= 0.3 is 11.9 Å². The van der Waals surface area contributed by atoms with Crippen LogP contribution in [0.15, 0.2) is 48.6 Å². The van der Waals surface area contributed by atoms with Gasteiger partial charge in [0.05, 0.1) is 12.8 Å². The molecule has 0 aliphatic carbocycles. The van der Waals surface area contributed by atoms with Gasteiger partial charge in [-0.15, -0.1) is 10.2 Å². The van der Waals surface area contributed by atoms with Crippen LogP contribution >= 0.6 is 0 Å². The Morgan fingerprint density at radius 2 is 1.56 bits per heavy atom. The first-order valence-electron chi connectivity index (χ1n) is 10.5. The van der Waals surface area contributed by atoms with E-state index in [1.54, 1.807) is 7.11 Å². The van der Waals surface area contributed by atoms with Crippen LogP contribution in [0.4, 0.5) is 5.82 Å². The number of piperazine rings is 1.